The van der Waals surface area contributed by atoms with E-state index < -0.39 is 18.6 Å². The van der Waals surface area contributed by atoms with Crippen molar-refractivity contribution in [2.45, 2.75) is 32.5 Å². The molecular formula is C16H15F3N4O. The van der Waals surface area contributed by atoms with Crippen LogP contribution in [0.25, 0.3) is 0 Å². The van der Waals surface area contributed by atoms with Gasteiger partial charge in [-0.15, -0.1) is 0 Å². The molecule has 126 valence electrons. The monoisotopic (exact) mass is 336 g/mol. The van der Waals surface area contributed by atoms with E-state index in [4.69, 9.17) is 0 Å². The number of anilines is 1. The first-order valence-electron chi connectivity index (χ1n) is 7.31. The van der Waals surface area contributed by atoms with Gasteiger partial charge in [0.2, 0.25) is 0 Å². The molecule has 1 amide bonds. The molecule has 5 nitrogen and oxygen atoms in total. The van der Waals surface area contributed by atoms with Crippen LogP contribution in [-0.2, 0) is 11.3 Å². The molecule has 2 heterocycles. The van der Waals surface area contributed by atoms with Gasteiger partial charge < -0.3 is 0 Å². The summed E-state index contributed by atoms with van der Waals surface area (Å²) in [6.07, 6.45) is -4.42. The number of hydrazone groups is 1. The summed E-state index contributed by atoms with van der Waals surface area (Å²) in [6, 6.07) is 10.3. The highest BCUT2D eigenvalue weighted by atomic mass is 19.4. The molecule has 1 unspecified atom stereocenters. The molecule has 0 N–H and O–H groups in total. The second kappa shape index (κ2) is 5.77. The SMILES string of the molecule is CC1=NN(c2ccccc2)C(=O)C1c1cc(C)nn1CC(F)(F)F. The van der Waals surface area contributed by atoms with Gasteiger partial charge in [-0.3, -0.25) is 9.48 Å². The van der Waals surface area contributed by atoms with Gasteiger partial charge in [0.15, 0.2) is 0 Å². The molecule has 1 aliphatic heterocycles. The number of carbonyl (C=O) groups excluding carboxylic acids is 1. The van der Waals surface area contributed by atoms with Crippen molar-refractivity contribution >= 4 is 17.3 Å². The summed E-state index contributed by atoms with van der Waals surface area (Å²) >= 11 is 0. The molecule has 24 heavy (non-hydrogen) atoms. The molecule has 0 spiro atoms. The van der Waals surface area contributed by atoms with E-state index in [1.54, 1.807) is 44.2 Å². The van der Waals surface area contributed by atoms with E-state index >= 15 is 0 Å². The molecule has 3 rings (SSSR count). The summed E-state index contributed by atoms with van der Waals surface area (Å²) in [5, 5.41) is 9.32. The van der Waals surface area contributed by atoms with E-state index in [9.17, 15) is 18.0 Å². The van der Waals surface area contributed by atoms with Crippen molar-refractivity contribution in [3.05, 3.63) is 47.8 Å². The maximum atomic E-state index is 12.8. The fourth-order valence-electron chi connectivity index (χ4n) is 2.75. The average molecular weight is 336 g/mol. The van der Waals surface area contributed by atoms with Gasteiger partial charge in [0.05, 0.1) is 22.8 Å². The van der Waals surface area contributed by atoms with Crippen LogP contribution in [0.3, 0.4) is 0 Å². The van der Waals surface area contributed by atoms with Gasteiger partial charge in [0, 0.05) is 0 Å². The number of amides is 1. The quantitative estimate of drug-likeness (QED) is 0.864. The van der Waals surface area contributed by atoms with Gasteiger partial charge in [-0.1, -0.05) is 18.2 Å². The number of benzene rings is 1. The molecule has 1 atom stereocenters. The van der Waals surface area contributed by atoms with Crippen molar-refractivity contribution in [3.8, 4) is 0 Å². The number of aryl methyl sites for hydroxylation is 1. The standard InChI is InChI=1S/C16H15F3N4O/c1-10-8-13(22(20-10)9-16(17,18)19)14-11(2)21-23(15(14)24)12-6-4-3-5-7-12/h3-8,14H,9H2,1-2H3. The lowest BCUT2D eigenvalue weighted by Crippen LogP contribution is -2.29. The highest BCUT2D eigenvalue weighted by molar-refractivity contribution is 6.18. The Hall–Kier alpha value is -2.64. The van der Waals surface area contributed by atoms with Crippen LogP contribution in [-0.4, -0.2) is 27.6 Å². The fraction of sp³-hybridized carbons (Fsp3) is 0.312. The summed E-state index contributed by atoms with van der Waals surface area (Å²) in [5.74, 6) is -1.25. The van der Waals surface area contributed by atoms with Crippen LogP contribution >= 0.6 is 0 Å². The Balaban J connectivity index is 1.97. The Morgan fingerprint density at radius 3 is 2.46 bits per heavy atom. The van der Waals surface area contributed by atoms with E-state index in [0.717, 1.165) is 4.68 Å². The van der Waals surface area contributed by atoms with E-state index in [0.29, 0.717) is 17.1 Å². The lowest BCUT2D eigenvalue weighted by atomic mass is 10.00. The maximum Gasteiger partial charge on any atom is 0.408 e. The highest BCUT2D eigenvalue weighted by Crippen LogP contribution is 2.31. The Labute approximate surface area is 136 Å². The topological polar surface area (TPSA) is 50.5 Å². The third kappa shape index (κ3) is 3.04. The Morgan fingerprint density at radius 2 is 1.83 bits per heavy atom. The number of alkyl halides is 3. The van der Waals surface area contributed by atoms with Crippen LogP contribution < -0.4 is 5.01 Å². The van der Waals surface area contributed by atoms with Crippen molar-refractivity contribution < 1.29 is 18.0 Å². The van der Waals surface area contributed by atoms with Gasteiger partial charge >= 0.3 is 6.18 Å². The Bertz CT molecular complexity index is 795. The molecule has 0 aliphatic carbocycles. The number of para-hydroxylation sites is 1. The van der Waals surface area contributed by atoms with E-state index in [2.05, 4.69) is 10.2 Å². The summed E-state index contributed by atoms with van der Waals surface area (Å²) in [6.45, 7) is 1.99. The van der Waals surface area contributed by atoms with E-state index in [-0.39, 0.29) is 11.6 Å². The van der Waals surface area contributed by atoms with Crippen LogP contribution in [0.5, 0.6) is 0 Å². The minimum Gasteiger partial charge on any atom is -0.271 e. The molecule has 2 aromatic rings. The summed E-state index contributed by atoms with van der Waals surface area (Å²) < 4.78 is 39.1. The Morgan fingerprint density at radius 1 is 1.17 bits per heavy atom. The lowest BCUT2D eigenvalue weighted by molar-refractivity contribution is -0.143. The molecule has 8 heteroatoms. The predicted octanol–water partition coefficient (Wildman–Crippen LogP) is 3.26. The lowest BCUT2D eigenvalue weighted by Gasteiger charge is -2.16. The van der Waals surface area contributed by atoms with Crippen molar-refractivity contribution in [2.24, 2.45) is 5.10 Å². The molecule has 0 saturated carbocycles. The zero-order valence-electron chi connectivity index (χ0n) is 13.1. The zero-order chi connectivity index (χ0) is 17.5. The van der Waals surface area contributed by atoms with Crippen molar-refractivity contribution in [3.63, 3.8) is 0 Å². The molecule has 1 aromatic heterocycles. The second-order valence-corrected chi connectivity index (χ2v) is 5.64. The van der Waals surface area contributed by atoms with Gasteiger partial charge in [0.1, 0.15) is 12.5 Å². The van der Waals surface area contributed by atoms with Crippen LogP contribution in [0.2, 0.25) is 0 Å². The fourth-order valence-corrected chi connectivity index (χ4v) is 2.75. The number of nitrogens with zero attached hydrogens (tertiary/aromatic N) is 4. The number of halogens is 3. The largest absolute Gasteiger partial charge is 0.408 e. The zero-order valence-corrected chi connectivity index (χ0v) is 13.1. The summed E-state index contributed by atoms with van der Waals surface area (Å²) in [7, 11) is 0. The minimum atomic E-state index is -4.42. The van der Waals surface area contributed by atoms with Crippen LogP contribution in [0, 0.1) is 6.92 Å². The van der Waals surface area contributed by atoms with Gasteiger partial charge in [-0.25, -0.2) is 0 Å². The average Bonchev–Trinajstić information content (AvgIpc) is 2.98. The summed E-state index contributed by atoms with van der Waals surface area (Å²) in [5.41, 5.74) is 1.64. The second-order valence-electron chi connectivity index (χ2n) is 5.64. The third-order valence-electron chi connectivity index (χ3n) is 3.69. The molecular weight excluding hydrogens is 321 g/mol. The van der Waals surface area contributed by atoms with Crippen molar-refractivity contribution in [2.75, 3.05) is 5.01 Å². The van der Waals surface area contributed by atoms with Gasteiger partial charge in [-0.2, -0.15) is 28.4 Å². The molecule has 0 radical (unpaired) electrons. The normalized spacial score (nSPS) is 18.2. The van der Waals surface area contributed by atoms with Gasteiger partial charge in [-0.05, 0) is 32.0 Å². The van der Waals surface area contributed by atoms with Crippen molar-refractivity contribution in [1.29, 1.82) is 0 Å². The first kappa shape index (κ1) is 16.2. The Kier molecular flexibility index (Phi) is 3.90. The highest BCUT2D eigenvalue weighted by Gasteiger charge is 2.39. The summed E-state index contributed by atoms with van der Waals surface area (Å²) in [4.78, 5) is 12.7. The molecule has 1 aromatic carbocycles. The number of hydrogen-bond donors (Lipinski definition) is 0. The predicted molar refractivity (Wildman–Crippen MR) is 82.8 cm³/mol. The van der Waals surface area contributed by atoms with Crippen LogP contribution in [0.4, 0.5) is 18.9 Å². The number of hydrogen-bond acceptors (Lipinski definition) is 3. The molecule has 1 aliphatic rings. The van der Waals surface area contributed by atoms with Crippen molar-refractivity contribution in [1.82, 2.24) is 9.78 Å². The van der Waals surface area contributed by atoms with Crippen LogP contribution in [0.1, 0.15) is 24.2 Å². The number of aromatic nitrogens is 2. The van der Waals surface area contributed by atoms with E-state index in [1.807, 2.05) is 0 Å². The van der Waals surface area contributed by atoms with E-state index in [1.165, 1.54) is 11.1 Å². The number of rotatable bonds is 3. The molecule has 0 fully saturated rings. The first-order chi connectivity index (χ1) is 11.3. The molecule has 0 saturated heterocycles. The smallest absolute Gasteiger partial charge is 0.271 e. The minimum absolute atomic E-state index is 0.203. The maximum absolute atomic E-state index is 12.8. The van der Waals surface area contributed by atoms with Gasteiger partial charge in [0.25, 0.3) is 5.91 Å². The van der Waals surface area contributed by atoms with Crippen LogP contribution in [0.15, 0.2) is 41.5 Å². The third-order valence-corrected chi connectivity index (χ3v) is 3.69. The number of carbonyl (C=O) groups is 1. The molecule has 0 bridgehead atoms. The first-order valence-corrected chi connectivity index (χ1v) is 7.31.